The minimum atomic E-state index is -1.33. The number of benzene rings is 1. The molecule has 104 valence electrons. The van der Waals surface area contributed by atoms with Gasteiger partial charge in [-0.1, -0.05) is 11.6 Å². The summed E-state index contributed by atoms with van der Waals surface area (Å²) in [5.41, 5.74) is -1.97. The van der Waals surface area contributed by atoms with Crippen LogP contribution in [0.25, 0.3) is 0 Å². The van der Waals surface area contributed by atoms with Gasteiger partial charge in [0.2, 0.25) is 5.91 Å². The number of hydrogen-bond acceptors (Lipinski definition) is 2. The van der Waals surface area contributed by atoms with Gasteiger partial charge in [0, 0.05) is 11.4 Å². The summed E-state index contributed by atoms with van der Waals surface area (Å²) < 4.78 is 26.8. The van der Waals surface area contributed by atoms with Crippen molar-refractivity contribution in [2.45, 2.75) is 20.3 Å². The molecule has 2 N–H and O–H groups in total. The lowest BCUT2D eigenvalue weighted by atomic mass is 9.89. The molecule has 0 radical (unpaired) electrons. The molecular weight excluding hydrogens is 280 g/mol. The van der Waals surface area contributed by atoms with Crippen LogP contribution in [0.1, 0.15) is 20.3 Å². The van der Waals surface area contributed by atoms with Crippen LogP contribution in [0.15, 0.2) is 12.1 Å². The van der Waals surface area contributed by atoms with Crippen LogP contribution in [-0.4, -0.2) is 17.0 Å². The number of nitrogens with one attached hydrogen (secondary N) is 1. The van der Waals surface area contributed by atoms with Crippen molar-refractivity contribution in [3.8, 4) is 0 Å². The average Bonchev–Trinajstić information content (AvgIpc) is 2.22. The molecule has 1 aromatic rings. The highest BCUT2D eigenvalue weighted by Gasteiger charge is 2.30. The molecule has 0 bridgehead atoms. The number of carboxylic acids is 1. The number of carbonyl (C=O) groups excluding carboxylic acids is 1. The van der Waals surface area contributed by atoms with Crippen molar-refractivity contribution in [1.82, 2.24) is 0 Å². The third-order valence-corrected chi connectivity index (χ3v) is 2.67. The number of anilines is 1. The van der Waals surface area contributed by atoms with Crippen LogP contribution in [0.4, 0.5) is 14.5 Å². The molecule has 0 saturated carbocycles. The number of halogens is 3. The lowest BCUT2D eigenvalue weighted by Crippen LogP contribution is -2.30. The molecule has 1 rings (SSSR count). The zero-order valence-electron chi connectivity index (χ0n) is 10.3. The molecule has 7 heteroatoms. The highest BCUT2D eigenvalue weighted by molar-refractivity contribution is 6.30. The normalized spacial score (nSPS) is 11.2. The van der Waals surface area contributed by atoms with E-state index in [4.69, 9.17) is 16.7 Å². The first-order chi connectivity index (χ1) is 8.63. The number of carbonyl (C=O) groups is 2. The predicted molar refractivity (Wildman–Crippen MR) is 66.0 cm³/mol. The Bertz CT molecular complexity index is 509. The fourth-order valence-corrected chi connectivity index (χ4v) is 1.51. The SMILES string of the molecule is CC(C)(CC(=O)Nc1c(F)cc(Cl)cc1F)C(=O)O. The van der Waals surface area contributed by atoms with Crippen molar-refractivity contribution in [2.75, 3.05) is 5.32 Å². The van der Waals surface area contributed by atoms with Crippen LogP contribution in [0.3, 0.4) is 0 Å². The molecule has 0 aliphatic heterocycles. The van der Waals surface area contributed by atoms with Crippen LogP contribution < -0.4 is 5.32 Å². The third kappa shape index (κ3) is 3.89. The van der Waals surface area contributed by atoms with E-state index in [0.717, 1.165) is 12.1 Å². The van der Waals surface area contributed by atoms with Gasteiger partial charge in [0.1, 0.15) is 5.69 Å². The van der Waals surface area contributed by atoms with Crippen molar-refractivity contribution in [1.29, 1.82) is 0 Å². The van der Waals surface area contributed by atoms with Crippen LogP contribution >= 0.6 is 11.6 Å². The van der Waals surface area contributed by atoms with Crippen molar-refractivity contribution < 1.29 is 23.5 Å². The molecule has 0 unspecified atom stereocenters. The quantitative estimate of drug-likeness (QED) is 0.896. The molecule has 1 amide bonds. The summed E-state index contributed by atoms with van der Waals surface area (Å²) in [6, 6.07) is 1.70. The maximum atomic E-state index is 13.4. The summed E-state index contributed by atoms with van der Waals surface area (Å²) in [7, 11) is 0. The van der Waals surface area contributed by atoms with E-state index in [2.05, 4.69) is 0 Å². The second-order valence-electron chi connectivity index (χ2n) is 4.66. The van der Waals surface area contributed by atoms with Gasteiger partial charge in [-0.25, -0.2) is 8.78 Å². The summed E-state index contributed by atoms with van der Waals surface area (Å²) in [6.45, 7) is 2.67. The Morgan fingerprint density at radius 3 is 2.21 bits per heavy atom. The molecule has 0 fully saturated rings. The van der Waals surface area contributed by atoms with Crippen molar-refractivity contribution in [3.63, 3.8) is 0 Å². The van der Waals surface area contributed by atoms with E-state index in [-0.39, 0.29) is 5.02 Å². The fraction of sp³-hybridized carbons (Fsp3) is 0.333. The van der Waals surface area contributed by atoms with Gasteiger partial charge >= 0.3 is 5.97 Å². The Hall–Kier alpha value is -1.69. The minimum Gasteiger partial charge on any atom is -0.481 e. The minimum absolute atomic E-state index is 0.140. The third-order valence-electron chi connectivity index (χ3n) is 2.45. The second-order valence-corrected chi connectivity index (χ2v) is 5.09. The van der Waals surface area contributed by atoms with Crippen LogP contribution in [-0.2, 0) is 9.59 Å². The summed E-state index contributed by atoms with van der Waals surface area (Å²) >= 11 is 5.44. The van der Waals surface area contributed by atoms with E-state index < -0.39 is 41.0 Å². The Labute approximate surface area is 113 Å². The van der Waals surface area contributed by atoms with Gasteiger partial charge in [-0.2, -0.15) is 0 Å². The summed E-state index contributed by atoms with van der Waals surface area (Å²) in [5.74, 6) is -4.02. The number of aliphatic carboxylic acids is 1. The first kappa shape index (κ1) is 15.4. The van der Waals surface area contributed by atoms with Gasteiger partial charge in [0.05, 0.1) is 5.41 Å². The molecule has 1 aromatic carbocycles. The number of carboxylic acid groups (broad SMARTS) is 1. The molecule has 4 nitrogen and oxygen atoms in total. The fourth-order valence-electron chi connectivity index (χ4n) is 1.32. The highest BCUT2D eigenvalue weighted by atomic mass is 35.5. The molecular formula is C12H12ClF2NO3. The molecule has 0 atom stereocenters. The van der Waals surface area contributed by atoms with Crippen LogP contribution in [0.2, 0.25) is 5.02 Å². The Balaban J connectivity index is 2.87. The monoisotopic (exact) mass is 291 g/mol. The molecule has 0 spiro atoms. The zero-order valence-corrected chi connectivity index (χ0v) is 11.0. The van der Waals surface area contributed by atoms with Crippen LogP contribution in [0.5, 0.6) is 0 Å². The number of hydrogen-bond donors (Lipinski definition) is 2. The van der Waals surface area contributed by atoms with Gasteiger partial charge in [0.15, 0.2) is 11.6 Å². The summed E-state index contributed by atoms with van der Waals surface area (Å²) in [5, 5.41) is 10.7. The summed E-state index contributed by atoms with van der Waals surface area (Å²) in [4.78, 5) is 22.4. The van der Waals surface area contributed by atoms with Crippen molar-refractivity contribution in [3.05, 3.63) is 28.8 Å². The largest absolute Gasteiger partial charge is 0.481 e. The average molecular weight is 292 g/mol. The standard InChI is InChI=1S/C12H12ClF2NO3/c1-12(2,11(18)19)5-9(17)16-10-7(14)3-6(13)4-8(10)15/h3-4H,5H2,1-2H3,(H,16,17)(H,18,19). The Kier molecular flexibility index (Phi) is 4.47. The molecule has 0 aromatic heterocycles. The lowest BCUT2D eigenvalue weighted by Gasteiger charge is -2.18. The lowest BCUT2D eigenvalue weighted by molar-refractivity contribution is -0.148. The number of rotatable bonds is 4. The van der Waals surface area contributed by atoms with E-state index in [1.54, 1.807) is 0 Å². The zero-order chi connectivity index (χ0) is 14.8. The Morgan fingerprint density at radius 2 is 1.79 bits per heavy atom. The Morgan fingerprint density at radius 1 is 1.32 bits per heavy atom. The van der Waals surface area contributed by atoms with E-state index in [1.165, 1.54) is 13.8 Å². The first-order valence-electron chi connectivity index (χ1n) is 5.31. The summed E-state index contributed by atoms with van der Waals surface area (Å²) in [6.07, 6.45) is -0.413. The van der Waals surface area contributed by atoms with Gasteiger partial charge in [-0.05, 0) is 26.0 Å². The predicted octanol–water partition coefficient (Wildman–Crippen LogP) is 3.06. The maximum Gasteiger partial charge on any atom is 0.309 e. The number of amides is 1. The van der Waals surface area contributed by atoms with Crippen molar-refractivity contribution in [2.24, 2.45) is 5.41 Å². The molecule has 0 heterocycles. The van der Waals surface area contributed by atoms with Gasteiger partial charge in [-0.15, -0.1) is 0 Å². The second kappa shape index (κ2) is 5.52. The van der Waals surface area contributed by atoms with Crippen molar-refractivity contribution >= 4 is 29.2 Å². The first-order valence-corrected chi connectivity index (χ1v) is 5.69. The topological polar surface area (TPSA) is 66.4 Å². The van der Waals surface area contributed by atoms with Gasteiger partial charge < -0.3 is 10.4 Å². The molecule has 0 aliphatic rings. The highest BCUT2D eigenvalue weighted by Crippen LogP contribution is 2.25. The molecule has 19 heavy (non-hydrogen) atoms. The van der Waals surface area contributed by atoms with E-state index in [9.17, 15) is 18.4 Å². The van der Waals surface area contributed by atoms with Gasteiger partial charge in [0.25, 0.3) is 0 Å². The van der Waals surface area contributed by atoms with E-state index in [1.807, 2.05) is 5.32 Å². The molecule has 0 aliphatic carbocycles. The van der Waals surface area contributed by atoms with E-state index >= 15 is 0 Å². The smallest absolute Gasteiger partial charge is 0.309 e. The van der Waals surface area contributed by atoms with Gasteiger partial charge in [-0.3, -0.25) is 9.59 Å². The molecule has 0 saturated heterocycles. The van der Waals surface area contributed by atoms with E-state index in [0.29, 0.717) is 0 Å². The maximum absolute atomic E-state index is 13.4. The van der Waals surface area contributed by atoms with Crippen LogP contribution in [0, 0.1) is 17.0 Å².